The molecule has 1 fully saturated rings. The van der Waals surface area contributed by atoms with E-state index < -0.39 is 22.6 Å². The van der Waals surface area contributed by atoms with Crippen LogP contribution in [-0.4, -0.2) is 56.9 Å². The van der Waals surface area contributed by atoms with Gasteiger partial charge in [0.1, 0.15) is 0 Å². The van der Waals surface area contributed by atoms with Crippen molar-refractivity contribution in [3.63, 3.8) is 0 Å². The third-order valence-electron chi connectivity index (χ3n) is 5.84. The Bertz CT molecular complexity index is 1130. The van der Waals surface area contributed by atoms with Crippen molar-refractivity contribution < 1.29 is 32.2 Å². The Morgan fingerprint density at radius 2 is 1.67 bits per heavy atom. The van der Waals surface area contributed by atoms with Crippen LogP contribution in [0.25, 0.3) is 0 Å². The van der Waals surface area contributed by atoms with Crippen LogP contribution in [0.4, 0.5) is 0 Å². The van der Waals surface area contributed by atoms with Gasteiger partial charge in [-0.2, -0.15) is 4.31 Å². The second kappa shape index (κ2) is 9.93. The zero-order valence-electron chi connectivity index (χ0n) is 18.5. The minimum atomic E-state index is -3.62. The van der Waals surface area contributed by atoms with Gasteiger partial charge >= 0.3 is 5.97 Å². The molecule has 0 spiro atoms. The maximum atomic E-state index is 12.9. The topological polar surface area (TPSA) is 99.2 Å². The van der Waals surface area contributed by atoms with Crippen LogP contribution in [-0.2, 0) is 14.8 Å². The first-order valence-electron chi connectivity index (χ1n) is 11.1. The smallest absolute Gasteiger partial charge is 0.338 e. The molecule has 1 saturated heterocycles. The third-order valence-corrected chi connectivity index (χ3v) is 7.87. The lowest BCUT2D eigenvalue weighted by Crippen LogP contribution is -2.41. The second-order valence-corrected chi connectivity index (χ2v) is 10.1. The number of carbonyl (C=O) groups excluding carboxylic acids is 2. The number of rotatable bonds is 6. The van der Waals surface area contributed by atoms with Gasteiger partial charge in [-0.3, -0.25) is 4.79 Å². The number of carbonyl (C=O) groups is 2. The highest BCUT2D eigenvalue weighted by molar-refractivity contribution is 7.89. The first-order chi connectivity index (χ1) is 15.9. The van der Waals surface area contributed by atoms with Gasteiger partial charge in [-0.05, 0) is 62.2 Å². The minimum Gasteiger partial charge on any atom is -0.490 e. The van der Waals surface area contributed by atoms with E-state index >= 15 is 0 Å². The molecule has 0 N–H and O–H groups in total. The highest BCUT2D eigenvalue weighted by Gasteiger charge is 2.31. The summed E-state index contributed by atoms with van der Waals surface area (Å²) in [5.74, 6) is -0.00945. The molecule has 2 aliphatic rings. The summed E-state index contributed by atoms with van der Waals surface area (Å²) in [6, 6.07) is 10.4. The summed E-state index contributed by atoms with van der Waals surface area (Å²) < 4.78 is 43.6. The molecular weight excluding hydrogens is 446 g/mol. The van der Waals surface area contributed by atoms with Crippen molar-refractivity contribution in [3.05, 3.63) is 53.6 Å². The van der Waals surface area contributed by atoms with E-state index in [1.165, 1.54) is 28.6 Å². The molecule has 33 heavy (non-hydrogen) atoms. The molecule has 0 aliphatic carbocycles. The van der Waals surface area contributed by atoms with Crippen molar-refractivity contribution in [2.75, 3.05) is 26.4 Å². The molecule has 2 aromatic rings. The Balaban J connectivity index is 1.38. The van der Waals surface area contributed by atoms with Gasteiger partial charge in [0.05, 0.1) is 23.7 Å². The minimum absolute atomic E-state index is 0.0515. The number of piperidine rings is 1. The number of ketones is 1. The number of nitrogens with zero attached hydrogens (tertiary/aromatic N) is 1. The molecule has 9 heteroatoms. The van der Waals surface area contributed by atoms with Crippen molar-refractivity contribution in [1.82, 2.24) is 4.31 Å². The number of esters is 1. The Morgan fingerprint density at radius 3 is 2.39 bits per heavy atom. The highest BCUT2D eigenvalue weighted by atomic mass is 32.2. The highest BCUT2D eigenvalue weighted by Crippen LogP contribution is 2.30. The number of hydrogen-bond donors (Lipinski definition) is 0. The second-order valence-electron chi connectivity index (χ2n) is 8.20. The van der Waals surface area contributed by atoms with Crippen LogP contribution < -0.4 is 9.47 Å². The molecule has 2 aliphatic heterocycles. The fourth-order valence-corrected chi connectivity index (χ4v) is 5.66. The predicted octanol–water partition coefficient (Wildman–Crippen LogP) is 3.45. The zero-order chi connectivity index (χ0) is 23.4. The van der Waals surface area contributed by atoms with Gasteiger partial charge in [0.2, 0.25) is 10.0 Å². The molecule has 4 rings (SSSR count). The average Bonchev–Trinajstić information content (AvgIpc) is 3.07. The summed E-state index contributed by atoms with van der Waals surface area (Å²) in [6.07, 6.45) is 3.45. The maximum Gasteiger partial charge on any atom is 0.338 e. The first kappa shape index (κ1) is 23.3. The Morgan fingerprint density at radius 1 is 0.970 bits per heavy atom. The van der Waals surface area contributed by atoms with E-state index in [2.05, 4.69) is 0 Å². The summed E-state index contributed by atoms with van der Waals surface area (Å²) in [4.78, 5) is 25.0. The van der Waals surface area contributed by atoms with Crippen LogP contribution in [0.5, 0.6) is 11.5 Å². The quantitative estimate of drug-likeness (QED) is 0.468. The Kier molecular flexibility index (Phi) is 6.99. The molecule has 176 valence electrons. The number of benzene rings is 2. The van der Waals surface area contributed by atoms with Gasteiger partial charge in [-0.25, -0.2) is 13.2 Å². The summed E-state index contributed by atoms with van der Waals surface area (Å²) in [5, 5.41) is 0. The van der Waals surface area contributed by atoms with E-state index in [4.69, 9.17) is 14.2 Å². The van der Waals surface area contributed by atoms with Crippen molar-refractivity contribution in [1.29, 1.82) is 0 Å². The number of hydrogen-bond acceptors (Lipinski definition) is 7. The van der Waals surface area contributed by atoms with Crippen LogP contribution in [0.1, 0.15) is 53.3 Å². The molecule has 0 radical (unpaired) electrons. The lowest BCUT2D eigenvalue weighted by atomic mass is 10.1. The normalized spacial score (nSPS) is 18.9. The van der Waals surface area contributed by atoms with Gasteiger partial charge in [-0.1, -0.05) is 6.42 Å². The Hall–Kier alpha value is -2.91. The predicted molar refractivity (Wildman–Crippen MR) is 120 cm³/mol. The molecule has 1 atom stereocenters. The molecular formula is C24H27NO7S. The molecule has 0 aromatic heterocycles. The van der Waals surface area contributed by atoms with Gasteiger partial charge in [-0.15, -0.1) is 0 Å². The fourth-order valence-electron chi connectivity index (χ4n) is 3.96. The van der Waals surface area contributed by atoms with Gasteiger partial charge in [0.25, 0.3) is 0 Å². The SMILES string of the molecule is CC1CCCCN1S(=O)(=O)c1ccc(C(=O)OCC(=O)c2ccc3c(c2)OCCCO3)cc1. The largest absolute Gasteiger partial charge is 0.490 e. The molecule has 2 heterocycles. The monoisotopic (exact) mass is 473 g/mol. The van der Waals surface area contributed by atoms with Crippen LogP contribution in [0.2, 0.25) is 0 Å². The van der Waals surface area contributed by atoms with Crippen molar-refractivity contribution in [2.45, 2.75) is 43.5 Å². The van der Waals surface area contributed by atoms with E-state index in [1.807, 2.05) is 6.92 Å². The van der Waals surface area contributed by atoms with E-state index in [0.717, 1.165) is 25.7 Å². The van der Waals surface area contributed by atoms with Crippen LogP contribution in [0, 0.1) is 0 Å². The molecule has 2 aromatic carbocycles. The van der Waals surface area contributed by atoms with Crippen molar-refractivity contribution in [3.8, 4) is 11.5 Å². The first-order valence-corrected chi connectivity index (χ1v) is 12.5. The molecule has 0 bridgehead atoms. The molecule has 0 amide bonds. The number of fused-ring (bicyclic) bond motifs is 1. The van der Waals surface area contributed by atoms with Crippen molar-refractivity contribution in [2.24, 2.45) is 0 Å². The molecule has 1 unspecified atom stereocenters. The number of ether oxygens (including phenoxy) is 3. The van der Waals surface area contributed by atoms with E-state index in [1.54, 1.807) is 18.2 Å². The summed E-state index contributed by atoms with van der Waals surface area (Å²) >= 11 is 0. The maximum absolute atomic E-state index is 12.9. The Labute approximate surface area is 193 Å². The standard InChI is InChI=1S/C24H27NO7S/c1-17-5-2-3-12-25(17)33(28,29)20-9-6-18(7-10-20)24(27)32-16-21(26)19-8-11-22-23(15-19)31-14-4-13-30-22/h6-11,15,17H,2-5,12-14,16H2,1H3. The number of Topliss-reactive ketones (excluding diaryl/α,β-unsaturated/α-hetero) is 1. The lowest BCUT2D eigenvalue weighted by Gasteiger charge is -2.32. The fraction of sp³-hybridized carbons (Fsp3) is 0.417. The summed E-state index contributed by atoms with van der Waals surface area (Å²) in [6.45, 7) is 3.01. The van der Waals surface area contributed by atoms with Gasteiger partial charge in [0, 0.05) is 24.6 Å². The molecule has 0 saturated carbocycles. The number of sulfonamides is 1. The third kappa shape index (κ3) is 5.20. The zero-order valence-corrected chi connectivity index (χ0v) is 19.3. The average molecular weight is 474 g/mol. The van der Waals surface area contributed by atoms with Crippen LogP contribution in [0.15, 0.2) is 47.4 Å². The summed E-state index contributed by atoms with van der Waals surface area (Å²) in [5.41, 5.74) is 0.524. The van der Waals surface area contributed by atoms with Crippen LogP contribution >= 0.6 is 0 Å². The van der Waals surface area contributed by atoms with Crippen LogP contribution in [0.3, 0.4) is 0 Å². The van der Waals surface area contributed by atoms with E-state index in [9.17, 15) is 18.0 Å². The van der Waals surface area contributed by atoms with Crippen molar-refractivity contribution >= 4 is 21.8 Å². The van der Waals surface area contributed by atoms with Gasteiger partial charge in [0.15, 0.2) is 23.9 Å². The molecule has 8 nitrogen and oxygen atoms in total. The van der Waals surface area contributed by atoms with Gasteiger partial charge < -0.3 is 14.2 Å². The lowest BCUT2D eigenvalue weighted by molar-refractivity contribution is 0.0474. The van der Waals surface area contributed by atoms with E-state index in [0.29, 0.717) is 36.8 Å². The van der Waals surface area contributed by atoms with E-state index in [-0.39, 0.29) is 22.3 Å². The summed E-state index contributed by atoms with van der Waals surface area (Å²) in [7, 11) is -3.62.